The van der Waals surface area contributed by atoms with Crippen LogP contribution in [0.4, 0.5) is 18.0 Å². The fourth-order valence-corrected chi connectivity index (χ4v) is 1.56. The largest absolute Gasteiger partial charge is 0.472 e. The van der Waals surface area contributed by atoms with Gasteiger partial charge in [0.2, 0.25) is 0 Å². The summed E-state index contributed by atoms with van der Waals surface area (Å²) in [5, 5.41) is 2.59. The third-order valence-electron chi connectivity index (χ3n) is 2.61. The molecule has 0 unspecified atom stereocenters. The number of nitrogens with one attached hydrogen (secondary N) is 3. The smallest absolute Gasteiger partial charge is 0.444 e. The van der Waals surface area contributed by atoms with Gasteiger partial charge >= 0.3 is 18.2 Å². The average Bonchev–Trinajstić information content (AvgIpc) is 2.43. The molecule has 0 saturated heterocycles. The number of carbonyl (C=O) groups excluding carboxylic acids is 2. The highest BCUT2D eigenvalue weighted by Crippen LogP contribution is 2.13. The zero-order valence-electron chi connectivity index (χ0n) is 13.6. The molecule has 134 valence electrons. The van der Waals surface area contributed by atoms with Gasteiger partial charge in [0.1, 0.15) is 5.60 Å². The Bertz CT molecular complexity index is 566. The summed E-state index contributed by atoms with van der Waals surface area (Å²) in [5.41, 5.74) is 4.63. The standard InChI is InChI=1S/C15H20F3N3O3/c1-14(2,3)24-13(23)19-8-10-4-6-11(7-5-10)9-20-21-12(22)15(16,17)18/h4-7,20H,8-9H2,1-3H3,(H,19,23)(H,21,22). The molecule has 0 bridgehead atoms. The van der Waals surface area contributed by atoms with E-state index in [2.05, 4.69) is 10.7 Å². The molecule has 3 N–H and O–H groups in total. The molecule has 1 aromatic rings. The first-order valence-electron chi connectivity index (χ1n) is 7.12. The van der Waals surface area contributed by atoms with Gasteiger partial charge in [0.05, 0.1) is 0 Å². The highest BCUT2D eigenvalue weighted by Gasteiger charge is 2.38. The van der Waals surface area contributed by atoms with Gasteiger partial charge in [-0.3, -0.25) is 10.2 Å². The van der Waals surface area contributed by atoms with Crippen LogP contribution >= 0.6 is 0 Å². The van der Waals surface area contributed by atoms with Crippen molar-refractivity contribution in [3.05, 3.63) is 35.4 Å². The van der Waals surface area contributed by atoms with Crippen molar-refractivity contribution >= 4 is 12.0 Å². The Kier molecular flexibility index (Phi) is 6.59. The molecule has 0 radical (unpaired) electrons. The molecule has 0 heterocycles. The maximum absolute atomic E-state index is 12.0. The summed E-state index contributed by atoms with van der Waals surface area (Å²) >= 11 is 0. The predicted octanol–water partition coefficient (Wildman–Crippen LogP) is 2.39. The Morgan fingerprint density at radius 3 is 1.96 bits per heavy atom. The molecule has 0 atom stereocenters. The molecule has 9 heteroatoms. The number of amides is 2. The summed E-state index contributed by atoms with van der Waals surface area (Å²) in [6.07, 6.45) is -5.47. The van der Waals surface area contributed by atoms with Crippen LogP contribution in [-0.4, -0.2) is 23.8 Å². The summed E-state index contributed by atoms with van der Waals surface area (Å²) in [6.45, 7) is 5.55. The first-order valence-corrected chi connectivity index (χ1v) is 7.12. The van der Waals surface area contributed by atoms with Gasteiger partial charge in [0.15, 0.2) is 0 Å². The minimum atomic E-state index is -4.93. The Labute approximate surface area is 137 Å². The Morgan fingerprint density at radius 1 is 1.00 bits per heavy atom. The maximum Gasteiger partial charge on any atom is 0.472 e. The molecule has 0 spiro atoms. The lowest BCUT2D eigenvalue weighted by Gasteiger charge is -2.19. The second kappa shape index (κ2) is 8.00. The van der Waals surface area contributed by atoms with Crippen LogP contribution in [0.3, 0.4) is 0 Å². The van der Waals surface area contributed by atoms with Crippen molar-refractivity contribution in [2.45, 2.75) is 45.6 Å². The summed E-state index contributed by atoms with van der Waals surface area (Å²) in [6, 6.07) is 6.75. The maximum atomic E-state index is 12.0. The van der Waals surface area contributed by atoms with Gasteiger partial charge in [0, 0.05) is 13.1 Å². The van der Waals surface area contributed by atoms with Crippen molar-refractivity contribution in [1.82, 2.24) is 16.2 Å². The van der Waals surface area contributed by atoms with Crippen LogP contribution in [0.1, 0.15) is 31.9 Å². The molecule has 6 nitrogen and oxygen atoms in total. The van der Waals surface area contributed by atoms with Crippen LogP contribution in [0, 0.1) is 0 Å². The first-order chi connectivity index (χ1) is 11.0. The van der Waals surface area contributed by atoms with Gasteiger partial charge in [-0.15, -0.1) is 0 Å². The molecular formula is C15H20F3N3O3. The Hall–Kier alpha value is -2.29. The minimum absolute atomic E-state index is 0.0294. The van der Waals surface area contributed by atoms with Crippen molar-refractivity contribution in [3.8, 4) is 0 Å². The number of carbonyl (C=O) groups is 2. The number of hydrazine groups is 1. The van der Waals surface area contributed by atoms with Crippen molar-refractivity contribution < 1.29 is 27.5 Å². The number of hydrogen-bond donors (Lipinski definition) is 3. The molecule has 0 saturated carbocycles. The normalized spacial score (nSPS) is 11.8. The van der Waals surface area contributed by atoms with Crippen molar-refractivity contribution in [2.75, 3.05) is 0 Å². The number of ether oxygens (including phenoxy) is 1. The summed E-state index contributed by atoms with van der Waals surface area (Å²) in [5.74, 6) is -2.05. The number of hydrogen-bond acceptors (Lipinski definition) is 4. The quantitative estimate of drug-likeness (QED) is 0.715. The Balaban J connectivity index is 2.38. The fraction of sp³-hybridized carbons (Fsp3) is 0.467. The lowest BCUT2D eigenvalue weighted by atomic mass is 10.1. The topological polar surface area (TPSA) is 79.5 Å². The SMILES string of the molecule is CC(C)(C)OC(=O)NCc1ccc(CNNC(=O)C(F)(F)F)cc1. The van der Waals surface area contributed by atoms with Crippen LogP contribution < -0.4 is 16.2 Å². The molecule has 1 rings (SSSR count). The monoisotopic (exact) mass is 347 g/mol. The highest BCUT2D eigenvalue weighted by molar-refractivity contribution is 5.81. The minimum Gasteiger partial charge on any atom is -0.444 e. The summed E-state index contributed by atoms with van der Waals surface area (Å²) in [7, 11) is 0. The predicted molar refractivity (Wildman–Crippen MR) is 80.6 cm³/mol. The third-order valence-corrected chi connectivity index (χ3v) is 2.61. The van der Waals surface area contributed by atoms with Crippen LogP contribution in [-0.2, 0) is 22.6 Å². The average molecular weight is 347 g/mol. The van der Waals surface area contributed by atoms with Crippen LogP contribution in [0.15, 0.2) is 24.3 Å². The van der Waals surface area contributed by atoms with Crippen molar-refractivity contribution in [3.63, 3.8) is 0 Å². The van der Waals surface area contributed by atoms with Crippen molar-refractivity contribution in [1.29, 1.82) is 0 Å². The lowest BCUT2D eigenvalue weighted by molar-refractivity contribution is -0.174. The molecule has 1 aromatic carbocycles. The molecule has 2 amide bonds. The van der Waals surface area contributed by atoms with Gasteiger partial charge in [-0.05, 0) is 31.9 Å². The van der Waals surface area contributed by atoms with E-state index in [1.165, 1.54) is 0 Å². The van der Waals surface area contributed by atoms with Crippen LogP contribution in [0.5, 0.6) is 0 Å². The van der Waals surface area contributed by atoms with Gasteiger partial charge < -0.3 is 10.1 Å². The molecule has 0 fully saturated rings. The number of alkyl carbamates (subject to hydrolysis) is 1. The van der Waals surface area contributed by atoms with Gasteiger partial charge in [-0.2, -0.15) is 13.2 Å². The molecule has 24 heavy (non-hydrogen) atoms. The fourth-order valence-electron chi connectivity index (χ4n) is 1.56. The van der Waals surface area contributed by atoms with Gasteiger partial charge in [-0.25, -0.2) is 10.2 Å². The third kappa shape index (κ3) is 7.82. The van der Waals surface area contributed by atoms with E-state index in [-0.39, 0.29) is 13.1 Å². The van der Waals surface area contributed by atoms with Gasteiger partial charge in [0.25, 0.3) is 0 Å². The van der Waals surface area contributed by atoms with Gasteiger partial charge in [-0.1, -0.05) is 24.3 Å². The van der Waals surface area contributed by atoms with E-state index < -0.39 is 23.8 Å². The summed E-state index contributed by atoms with van der Waals surface area (Å²) < 4.78 is 41.0. The number of halogens is 3. The molecule has 0 aromatic heterocycles. The zero-order valence-corrected chi connectivity index (χ0v) is 13.6. The lowest BCUT2D eigenvalue weighted by Crippen LogP contribution is -2.44. The Morgan fingerprint density at radius 2 is 1.50 bits per heavy atom. The van der Waals surface area contributed by atoms with E-state index in [1.54, 1.807) is 50.5 Å². The van der Waals surface area contributed by atoms with Crippen LogP contribution in [0.25, 0.3) is 0 Å². The highest BCUT2D eigenvalue weighted by atomic mass is 19.4. The van der Waals surface area contributed by atoms with Crippen LogP contribution in [0.2, 0.25) is 0 Å². The number of alkyl halides is 3. The van der Waals surface area contributed by atoms with E-state index in [4.69, 9.17) is 4.74 Å². The second-order valence-electron chi connectivity index (χ2n) is 5.98. The first kappa shape index (κ1) is 19.8. The molecule has 0 aliphatic heterocycles. The number of rotatable bonds is 5. The van der Waals surface area contributed by atoms with Crippen molar-refractivity contribution in [2.24, 2.45) is 0 Å². The molecule has 0 aliphatic rings. The molecular weight excluding hydrogens is 327 g/mol. The number of benzene rings is 1. The van der Waals surface area contributed by atoms with E-state index in [9.17, 15) is 22.8 Å². The second-order valence-corrected chi connectivity index (χ2v) is 5.98. The van der Waals surface area contributed by atoms with E-state index >= 15 is 0 Å². The van der Waals surface area contributed by atoms with E-state index in [1.807, 2.05) is 0 Å². The summed E-state index contributed by atoms with van der Waals surface area (Å²) in [4.78, 5) is 22.1. The van der Waals surface area contributed by atoms with E-state index in [0.717, 1.165) is 5.56 Å². The van der Waals surface area contributed by atoms with E-state index in [0.29, 0.717) is 5.56 Å². The zero-order chi connectivity index (χ0) is 18.4. The molecule has 0 aliphatic carbocycles.